The summed E-state index contributed by atoms with van der Waals surface area (Å²) < 4.78 is 0.652. The fourth-order valence-corrected chi connectivity index (χ4v) is 4.85. The van der Waals surface area contributed by atoms with E-state index in [1.165, 1.54) is 36.4 Å². The lowest BCUT2D eigenvalue weighted by atomic mass is 10.1. The Morgan fingerprint density at radius 3 is 2.06 bits per heavy atom. The maximum atomic E-state index is 12.9. The Kier molecular flexibility index (Phi) is 9.51. The predicted molar refractivity (Wildman–Crippen MR) is 142 cm³/mol. The molecule has 0 unspecified atom stereocenters. The highest BCUT2D eigenvalue weighted by atomic mass is 79.9. The van der Waals surface area contributed by atoms with Crippen molar-refractivity contribution < 1.29 is 19.7 Å². The smallest absolute Gasteiger partial charge is 0.271 e. The molecular weight excluding hydrogens is 624 g/mol. The van der Waals surface area contributed by atoms with Crippen LogP contribution in [0.25, 0.3) is 0 Å². The van der Waals surface area contributed by atoms with Gasteiger partial charge in [0, 0.05) is 51.3 Å². The summed E-state index contributed by atoms with van der Waals surface area (Å²) in [6.45, 7) is 0.232. The number of nitro groups is 2. The molecule has 0 bridgehead atoms. The summed E-state index contributed by atoms with van der Waals surface area (Å²) in [6.07, 6.45) is -1.02. The Hall–Kier alpha value is -2.90. The average Bonchev–Trinajstić information content (AvgIpc) is 2.82. The third-order valence-corrected chi connectivity index (χ3v) is 6.61. The standard InChI is InChI=1S/C23H19Br2ClN4O6/c24-19-9-18(30(35)36)10-20(25)23(19)27-22(32)13-28(11-14-1-5-16(26)6-2-14)12-21(31)15-3-7-17(8-4-15)29(33)34/h1-10,21,31H,11-13H2,(H,27,32)/t21-/m0/s1. The van der Waals surface area contributed by atoms with Crippen molar-refractivity contribution in [1.82, 2.24) is 4.90 Å². The quantitative estimate of drug-likeness (QED) is 0.209. The van der Waals surface area contributed by atoms with Gasteiger partial charge in [0.2, 0.25) is 5.91 Å². The number of hydrogen-bond acceptors (Lipinski definition) is 7. The highest BCUT2D eigenvalue weighted by Crippen LogP contribution is 2.35. The third kappa shape index (κ3) is 7.55. The largest absolute Gasteiger partial charge is 0.387 e. The molecule has 1 amide bonds. The molecule has 0 aliphatic rings. The van der Waals surface area contributed by atoms with E-state index in [4.69, 9.17) is 11.6 Å². The molecule has 0 saturated heterocycles. The van der Waals surface area contributed by atoms with Gasteiger partial charge >= 0.3 is 0 Å². The number of anilines is 1. The van der Waals surface area contributed by atoms with Gasteiger partial charge in [-0.1, -0.05) is 23.7 Å². The molecule has 3 rings (SSSR count). The Morgan fingerprint density at radius 2 is 1.53 bits per heavy atom. The van der Waals surface area contributed by atoms with E-state index in [-0.39, 0.29) is 24.5 Å². The number of aliphatic hydroxyl groups excluding tert-OH is 1. The van der Waals surface area contributed by atoms with Crippen LogP contribution in [0.2, 0.25) is 5.02 Å². The summed E-state index contributed by atoms with van der Waals surface area (Å²) in [5.74, 6) is -0.421. The van der Waals surface area contributed by atoms with Crippen LogP contribution in [0.15, 0.2) is 69.6 Å². The van der Waals surface area contributed by atoms with Gasteiger partial charge in [-0.15, -0.1) is 0 Å². The number of hydrogen-bond donors (Lipinski definition) is 2. The van der Waals surface area contributed by atoms with E-state index >= 15 is 0 Å². The fourth-order valence-electron chi connectivity index (χ4n) is 3.37. The second-order valence-electron chi connectivity index (χ2n) is 7.75. The summed E-state index contributed by atoms with van der Waals surface area (Å²) in [5, 5.41) is 36.0. The zero-order valence-corrected chi connectivity index (χ0v) is 22.4. The molecule has 0 spiro atoms. The number of aliphatic hydroxyl groups is 1. The molecule has 0 radical (unpaired) electrons. The maximum absolute atomic E-state index is 12.9. The molecule has 10 nitrogen and oxygen atoms in total. The van der Waals surface area contributed by atoms with Crippen LogP contribution in [-0.4, -0.2) is 38.8 Å². The molecule has 0 heterocycles. The third-order valence-electron chi connectivity index (χ3n) is 5.11. The minimum Gasteiger partial charge on any atom is -0.387 e. The summed E-state index contributed by atoms with van der Waals surface area (Å²) in [7, 11) is 0. The molecule has 1 atom stereocenters. The molecule has 36 heavy (non-hydrogen) atoms. The van der Waals surface area contributed by atoms with Crippen molar-refractivity contribution in [2.45, 2.75) is 12.6 Å². The van der Waals surface area contributed by atoms with Gasteiger partial charge in [-0.3, -0.25) is 29.9 Å². The van der Waals surface area contributed by atoms with Crippen LogP contribution in [0.3, 0.4) is 0 Å². The first-order valence-corrected chi connectivity index (χ1v) is 12.3. The fraction of sp³-hybridized carbons (Fsp3) is 0.174. The van der Waals surface area contributed by atoms with Crippen molar-refractivity contribution in [1.29, 1.82) is 0 Å². The molecule has 0 aliphatic carbocycles. The minimum absolute atomic E-state index is 0.0520. The first kappa shape index (κ1) is 27.7. The molecule has 188 valence electrons. The predicted octanol–water partition coefficient (Wildman–Crippen LogP) is 5.86. The number of benzene rings is 3. The number of carbonyl (C=O) groups is 1. The Morgan fingerprint density at radius 1 is 0.972 bits per heavy atom. The van der Waals surface area contributed by atoms with Crippen LogP contribution in [0.1, 0.15) is 17.2 Å². The van der Waals surface area contributed by atoms with Crippen LogP contribution in [0.5, 0.6) is 0 Å². The average molecular weight is 643 g/mol. The zero-order valence-electron chi connectivity index (χ0n) is 18.4. The second kappa shape index (κ2) is 12.4. The van der Waals surface area contributed by atoms with Gasteiger partial charge in [0.15, 0.2) is 0 Å². The number of nitrogens with zero attached hydrogens (tertiary/aromatic N) is 3. The van der Waals surface area contributed by atoms with Crippen molar-refractivity contribution in [3.05, 3.63) is 106 Å². The summed E-state index contributed by atoms with van der Waals surface area (Å²) in [6, 6.07) is 15.1. The lowest BCUT2D eigenvalue weighted by Crippen LogP contribution is -2.36. The van der Waals surface area contributed by atoms with Gasteiger partial charge in [0.1, 0.15) is 0 Å². The molecular formula is C23H19Br2ClN4O6. The van der Waals surface area contributed by atoms with E-state index in [0.717, 1.165) is 5.56 Å². The lowest BCUT2D eigenvalue weighted by Gasteiger charge is -2.25. The molecule has 3 aromatic carbocycles. The number of nitro benzene ring substituents is 2. The highest BCUT2D eigenvalue weighted by molar-refractivity contribution is 9.11. The molecule has 13 heteroatoms. The first-order chi connectivity index (χ1) is 17.0. The van der Waals surface area contributed by atoms with Gasteiger partial charge in [-0.2, -0.15) is 0 Å². The maximum Gasteiger partial charge on any atom is 0.271 e. The number of amides is 1. The molecule has 2 N–H and O–H groups in total. The van der Waals surface area contributed by atoms with Crippen molar-refractivity contribution in [2.24, 2.45) is 0 Å². The summed E-state index contributed by atoms with van der Waals surface area (Å²) in [4.78, 5) is 35.5. The van der Waals surface area contributed by atoms with E-state index in [1.807, 2.05) is 0 Å². The van der Waals surface area contributed by atoms with Gasteiger partial charge in [0.25, 0.3) is 11.4 Å². The first-order valence-electron chi connectivity index (χ1n) is 10.4. The van der Waals surface area contributed by atoms with E-state index < -0.39 is 21.9 Å². The number of halogens is 3. The van der Waals surface area contributed by atoms with Crippen molar-refractivity contribution >= 4 is 66.4 Å². The van der Waals surface area contributed by atoms with Gasteiger partial charge in [-0.25, -0.2) is 0 Å². The SMILES string of the molecule is O=C(CN(Cc1ccc(Cl)cc1)C[C@H](O)c1ccc([N+](=O)[O-])cc1)Nc1c(Br)cc([N+](=O)[O-])cc1Br. The normalized spacial score (nSPS) is 11.8. The monoisotopic (exact) mass is 640 g/mol. The van der Waals surface area contributed by atoms with E-state index in [9.17, 15) is 30.1 Å². The van der Waals surface area contributed by atoms with Gasteiger partial charge in [0.05, 0.1) is 28.2 Å². The van der Waals surface area contributed by atoms with Gasteiger partial charge in [-0.05, 0) is 67.3 Å². The second-order valence-corrected chi connectivity index (χ2v) is 9.90. The Labute approximate surface area is 227 Å². The van der Waals surface area contributed by atoms with Crippen LogP contribution in [0, 0.1) is 20.2 Å². The lowest BCUT2D eigenvalue weighted by molar-refractivity contribution is -0.385. The topological polar surface area (TPSA) is 139 Å². The highest BCUT2D eigenvalue weighted by Gasteiger charge is 2.20. The van der Waals surface area contributed by atoms with Crippen LogP contribution >= 0.6 is 43.5 Å². The van der Waals surface area contributed by atoms with Crippen LogP contribution in [-0.2, 0) is 11.3 Å². The number of non-ortho nitro benzene ring substituents is 2. The Bertz CT molecular complexity index is 1250. The van der Waals surface area contributed by atoms with E-state index in [0.29, 0.717) is 31.8 Å². The van der Waals surface area contributed by atoms with E-state index in [2.05, 4.69) is 37.2 Å². The number of rotatable bonds is 10. The van der Waals surface area contributed by atoms with Gasteiger partial charge < -0.3 is 10.4 Å². The molecule has 0 saturated carbocycles. The Balaban J connectivity index is 1.78. The summed E-state index contributed by atoms with van der Waals surface area (Å²) in [5.41, 5.74) is 1.39. The summed E-state index contributed by atoms with van der Waals surface area (Å²) >= 11 is 12.5. The van der Waals surface area contributed by atoms with Crippen LogP contribution in [0.4, 0.5) is 17.1 Å². The zero-order chi connectivity index (χ0) is 26.4. The molecule has 3 aromatic rings. The molecule has 0 aliphatic heterocycles. The minimum atomic E-state index is -1.02. The van der Waals surface area contributed by atoms with Crippen molar-refractivity contribution in [3.8, 4) is 0 Å². The van der Waals surface area contributed by atoms with Crippen molar-refractivity contribution in [3.63, 3.8) is 0 Å². The molecule has 0 fully saturated rings. The number of nitrogens with one attached hydrogen (secondary N) is 1. The van der Waals surface area contributed by atoms with E-state index in [1.54, 1.807) is 29.2 Å². The number of carbonyl (C=O) groups excluding carboxylic acids is 1. The van der Waals surface area contributed by atoms with Crippen molar-refractivity contribution in [2.75, 3.05) is 18.4 Å². The molecule has 0 aromatic heterocycles. The van der Waals surface area contributed by atoms with Crippen LogP contribution < -0.4 is 5.32 Å².